The fourth-order valence-electron chi connectivity index (χ4n) is 3.53. The molecule has 0 aliphatic rings. The Morgan fingerprint density at radius 3 is 2.23 bits per heavy atom. The quantitative estimate of drug-likeness (QED) is 0.209. The van der Waals surface area contributed by atoms with Gasteiger partial charge >= 0.3 is 21.1 Å². The second-order valence-electron chi connectivity index (χ2n) is 7.77. The molecule has 3 aromatic carbocycles. The molecule has 5 rings (SSSR count). The van der Waals surface area contributed by atoms with E-state index in [0.29, 0.717) is 0 Å². The van der Waals surface area contributed by atoms with E-state index in [1.165, 1.54) is 4.70 Å². The monoisotopic (exact) mass is 599 g/mol. The SMILES string of the molecule is CC(C)(c1[c-]c(-c2cccc(-c3[c-]cccc3)n2)ccc1)c1nc2ccccc2s1.[Pt+2]. The largest absolute Gasteiger partial charge is 2.00 e. The predicted molar refractivity (Wildman–Crippen MR) is 125 cm³/mol. The number of thiazole rings is 1. The Hall–Kier alpha value is -2.61. The molecule has 0 fully saturated rings. The fraction of sp³-hybridized carbons (Fsp3) is 0.111. The first kappa shape index (κ1) is 21.6. The molecule has 0 saturated carbocycles. The van der Waals surface area contributed by atoms with Gasteiger partial charge in [0.15, 0.2) is 0 Å². The topological polar surface area (TPSA) is 25.8 Å². The van der Waals surface area contributed by atoms with E-state index in [-0.39, 0.29) is 26.5 Å². The average molecular weight is 600 g/mol. The number of hydrogen-bond donors (Lipinski definition) is 0. The van der Waals surface area contributed by atoms with Gasteiger partial charge in [-0.05, 0) is 23.5 Å². The third kappa shape index (κ3) is 4.26. The van der Waals surface area contributed by atoms with Gasteiger partial charge in [0.2, 0.25) is 0 Å². The van der Waals surface area contributed by atoms with E-state index in [0.717, 1.165) is 38.6 Å². The Morgan fingerprint density at radius 2 is 1.45 bits per heavy atom. The van der Waals surface area contributed by atoms with Crippen LogP contribution in [0.3, 0.4) is 0 Å². The van der Waals surface area contributed by atoms with Gasteiger partial charge in [-0.2, -0.15) is 0 Å². The molecule has 0 N–H and O–H groups in total. The molecule has 0 unspecified atom stereocenters. The molecule has 0 spiro atoms. The van der Waals surface area contributed by atoms with Crippen LogP contribution in [0.5, 0.6) is 0 Å². The van der Waals surface area contributed by atoms with Crippen molar-refractivity contribution in [3.63, 3.8) is 0 Å². The number of pyridine rings is 1. The van der Waals surface area contributed by atoms with Crippen LogP contribution in [0.4, 0.5) is 0 Å². The summed E-state index contributed by atoms with van der Waals surface area (Å²) in [6.07, 6.45) is 0. The standard InChI is InChI=1S/C27H20N2S.Pt/c1-27(2,26-29-24-14-6-7-17-25(24)30-26)21-13-8-12-20(18-21)23-16-9-15-22(28-23)19-10-4-3-5-11-19;/h3-10,12-17H,1-2H3;/q-2;+2. The molecule has 2 aromatic heterocycles. The first-order chi connectivity index (χ1) is 14.6. The summed E-state index contributed by atoms with van der Waals surface area (Å²) in [6, 6.07) is 35.5. The summed E-state index contributed by atoms with van der Waals surface area (Å²) in [4.78, 5) is 9.76. The maximum atomic E-state index is 4.90. The molecule has 0 aliphatic carbocycles. The predicted octanol–water partition coefficient (Wildman–Crippen LogP) is 6.95. The van der Waals surface area contributed by atoms with Crippen molar-refractivity contribution in [1.29, 1.82) is 0 Å². The molecule has 4 heteroatoms. The molecular formula is C27H20N2PtS. The van der Waals surface area contributed by atoms with E-state index in [4.69, 9.17) is 9.97 Å². The van der Waals surface area contributed by atoms with Crippen LogP contribution >= 0.6 is 11.3 Å². The van der Waals surface area contributed by atoms with Gasteiger partial charge in [0.05, 0.1) is 10.2 Å². The van der Waals surface area contributed by atoms with Gasteiger partial charge < -0.3 is 4.98 Å². The third-order valence-electron chi connectivity index (χ3n) is 5.31. The number of hydrogen-bond acceptors (Lipinski definition) is 3. The molecule has 154 valence electrons. The normalized spacial score (nSPS) is 11.3. The first-order valence-electron chi connectivity index (χ1n) is 9.95. The number of nitrogens with zero attached hydrogens (tertiary/aromatic N) is 2. The summed E-state index contributed by atoms with van der Waals surface area (Å²) in [5.41, 5.74) is 5.71. The van der Waals surface area contributed by atoms with Gasteiger partial charge in [-0.25, -0.2) is 4.98 Å². The molecule has 0 radical (unpaired) electrons. The van der Waals surface area contributed by atoms with Crippen LogP contribution in [0, 0.1) is 12.1 Å². The van der Waals surface area contributed by atoms with Crippen LogP contribution in [0.1, 0.15) is 24.4 Å². The summed E-state index contributed by atoms with van der Waals surface area (Å²) in [5, 5.41) is 1.10. The van der Waals surface area contributed by atoms with Crippen LogP contribution < -0.4 is 0 Å². The molecule has 31 heavy (non-hydrogen) atoms. The zero-order chi connectivity index (χ0) is 20.6. The van der Waals surface area contributed by atoms with Crippen LogP contribution in [-0.2, 0) is 26.5 Å². The molecule has 0 aliphatic heterocycles. The van der Waals surface area contributed by atoms with Crippen molar-refractivity contribution in [3.8, 4) is 22.5 Å². The molecule has 2 nitrogen and oxygen atoms in total. The summed E-state index contributed by atoms with van der Waals surface area (Å²) in [5.74, 6) is 0. The van der Waals surface area contributed by atoms with E-state index in [1.54, 1.807) is 11.3 Å². The third-order valence-corrected chi connectivity index (χ3v) is 6.67. The maximum absolute atomic E-state index is 4.90. The van der Waals surface area contributed by atoms with Gasteiger partial charge in [0, 0.05) is 5.41 Å². The number of aromatic nitrogens is 2. The summed E-state index contributed by atoms with van der Waals surface area (Å²) < 4.78 is 1.21. The smallest absolute Gasteiger partial charge is 0.345 e. The van der Waals surface area contributed by atoms with Gasteiger partial charge in [-0.3, -0.25) is 0 Å². The van der Waals surface area contributed by atoms with Crippen molar-refractivity contribution >= 4 is 21.6 Å². The fourth-order valence-corrected chi connectivity index (χ4v) is 4.61. The molecule has 0 amide bonds. The Morgan fingerprint density at radius 1 is 0.742 bits per heavy atom. The zero-order valence-electron chi connectivity index (χ0n) is 17.2. The zero-order valence-corrected chi connectivity index (χ0v) is 20.3. The van der Waals surface area contributed by atoms with Crippen LogP contribution in [0.15, 0.2) is 84.9 Å². The van der Waals surface area contributed by atoms with Crippen molar-refractivity contribution < 1.29 is 21.1 Å². The molecule has 2 heterocycles. The summed E-state index contributed by atoms with van der Waals surface area (Å²) in [6.45, 7) is 4.42. The molecule has 0 bridgehead atoms. The minimum Gasteiger partial charge on any atom is -0.345 e. The Balaban J connectivity index is 0.00000231. The van der Waals surface area contributed by atoms with Crippen molar-refractivity contribution in [1.82, 2.24) is 9.97 Å². The molecule has 0 atom stereocenters. The number of rotatable bonds is 4. The summed E-state index contributed by atoms with van der Waals surface area (Å²) in [7, 11) is 0. The van der Waals surface area contributed by atoms with Gasteiger partial charge in [-0.1, -0.05) is 44.2 Å². The Bertz CT molecular complexity index is 1290. The van der Waals surface area contributed by atoms with Crippen molar-refractivity contribution in [3.05, 3.63) is 108 Å². The Kier molecular flexibility index (Phi) is 6.18. The molecule has 0 saturated heterocycles. The minimum atomic E-state index is -0.246. The second-order valence-corrected chi connectivity index (χ2v) is 8.80. The van der Waals surface area contributed by atoms with Crippen LogP contribution in [0.25, 0.3) is 32.7 Å². The van der Waals surface area contributed by atoms with E-state index in [9.17, 15) is 0 Å². The Labute approximate surface area is 201 Å². The maximum Gasteiger partial charge on any atom is 2.00 e. The van der Waals surface area contributed by atoms with E-state index in [2.05, 4.69) is 62.4 Å². The molecular weight excluding hydrogens is 579 g/mol. The average Bonchev–Trinajstić information content (AvgIpc) is 3.25. The van der Waals surface area contributed by atoms with Crippen molar-refractivity contribution in [2.75, 3.05) is 0 Å². The van der Waals surface area contributed by atoms with Crippen molar-refractivity contribution in [2.45, 2.75) is 19.3 Å². The number of para-hydroxylation sites is 1. The van der Waals surface area contributed by atoms with E-state index < -0.39 is 0 Å². The van der Waals surface area contributed by atoms with Gasteiger partial charge in [-0.15, -0.1) is 82.6 Å². The van der Waals surface area contributed by atoms with Gasteiger partial charge in [0.1, 0.15) is 5.01 Å². The first-order valence-corrected chi connectivity index (χ1v) is 10.8. The molecule has 5 aromatic rings. The summed E-state index contributed by atoms with van der Waals surface area (Å²) >= 11 is 1.75. The van der Waals surface area contributed by atoms with Crippen LogP contribution in [-0.4, -0.2) is 9.97 Å². The van der Waals surface area contributed by atoms with Crippen molar-refractivity contribution in [2.24, 2.45) is 0 Å². The minimum absolute atomic E-state index is 0. The number of fused-ring (bicyclic) bond motifs is 1. The number of benzene rings is 3. The van der Waals surface area contributed by atoms with E-state index in [1.807, 2.05) is 48.5 Å². The van der Waals surface area contributed by atoms with E-state index >= 15 is 0 Å². The van der Waals surface area contributed by atoms with Crippen LogP contribution in [0.2, 0.25) is 0 Å². The second kappa shape index (κ2) is 8.86. The van der Waals surface area contributed by atoms with Gasteiger partial charge in [0.25, 0.3) is 0 Å².